The zero-order valence-corrected chi connectivity index (χ0v) is 38.6. The molecule has 1 atom stereocenters. The molecule has 1 unspecified atom stereocenters. The molecule has 14 nitrogen and oxygen atoms in total. The number of amides is 3. The normalized spacial score (nSPS) is 20.4. The van der Waals surface area contributed by atoms with Gasteiger partial charge in [0.25, 0.3) is 6.43 Å². The number of rotatable bonds is 10. The van der Waals surface area contributed by atoms with Crippen molar-refractivity contribution in [1.82, 2.24) is 39.2 Å². The molecule has 1 N–H and O–H groups in total. The van der Waals surface area contributed by atoms with Crippen molar-refractivity contribution in [1.29, 1.82) is 0 Å². The molecule has 3 saturated heterocycles. The first-order valence-corrected chi connectivity index (χ1v) is 24.0. The molecule has 9 heterocycles. The van der Waals surface area contributed by atoms with Gasteiger partial charge in [-0.15, -0.1) is 0 Å². The van der Waals surface area contributed by atoms with Gasteiger partial charge in [-0.05, 0) is 91.1 Å². The number of imidazole rings is 1. The number of nitrogens with one attached hydrogen (secondary N) is 1. The van der Waals surface area contributed by atoms with Crippen LogP contribution in [0.3, 0.4) is 0 Å². The number of nitrogens with zero attached hydrogens (tertiary/aromatic N) is 9. The number of fused-ring (bicyclic) bond motifs is 4. The Bertz CT molecular complexity index is 2820. The molecular formula is C51H58F2N10O4. The van der Waals surface area contributed by atoms with Crippen molar-refractivity contribution in [3.05, 3.63) is 94.6 Å². The predicted octanol–water partition coefficient (Wildman–Crippen LogP) is 7.06. The number of benzene rings is 2. The van der Waals surface area contributed by atoms with Gasteiger partial charge in [-0.2, -0.15) is 5.10 Å². The second kappa shape index (κ2) is 17.1. The summed E-state index contributed by atoms with van der Waals surface area (Å²) in [5, 5.41) is 7.91. The molecule has 5 aromatic rings. The predicted molar refractivity (Wildman–Crippen MR) is 251 cm³/mol. The Kier molecular flexibility index (Phi) is 11.0. The van der Waals surface area contributed by atoms with Crippen LogP contribution < -0.4 is 19.9 Å². The smallest absolute Gasteiger partial charge is 0.264 e. The minimum Gasteiger partial charge on any atom is -0.495 e. The number of hydrogen-bond donors (Lipinski definition) is 1. The fourth-order valence-corrected chi connectivity index (χ4v) is 11.8. The second-order valence-electron chi connectivity index (χ2n) is 19.3. The van der Waals surface area contributed by atoms with E-state index in [-0.39, 0.29) is 35.4 Å². The van der Waals surface area contributed by atoms with E-state index in [2.05, 4.69) is 60.2 Å². The summed E-state index contributed by atoms with van der Waals surface area (Å²) in [7, 11) is 1.55. The number of likely N-dealkylation sites (tertiary alicyclic amines) is 1. The van der Waals surface area contributed by atoms with Crippen molar-refractivity contribution < 1.29 is 27.9 Å². The molecule has 0 saturated carbocycles. The lowest BCUT2D eigenvalue weighted by atomic mass is 9.91. The monoisotopic (exact) mass is 912 g/mol. The molecule has 6 aliphatic rings. The van der Waals surface area contributed by atoms with Crippen LogP contribution in [0.25, 0.3) is 22.5 Å². The summed E-state index contributed by atoms with van der Waals surface area (Å²) in [6, 6.07) is 9.77. The van der Waals surface area contributed by atoms with E-state index in [4.69, 9.17) is 9.84 Å². The van der Waals surface area contributed by atoms with Gasteiger partial charge in [0.2, 0.25) is 17.7 Å². The van der Waals surface area contributed by atoms with Gasteiger partial charge in [0.15, 0.2) is 5.82 Å². The summed E-state index contributed by atoms with van der Waals surface area (Å²) < 4.78 is 40.2. The van der Waals surface area contributed by atoms with E-state index < -0.39 is 6.43 Å². The number of hydrogen-bond acceptors (Lipinski definition) is 10. The van der Waals surface area contributed by atoms with Gasteiger partial charge >= 0.3 is 0 Å². The van der Waals surface area contributed by atoms with Crippen molar-refractivity contribution in [2.24, 2.45) is 5.92 Å². The van der Waals surface area contributed by atoms with Crippen LogP contribution in [0.15, 0.2) is 55.5 Å². The van der Waals surface area contributed by atoms with Crippen LogP contribution in [-0.2, 0) is 46.7 Å². The summed E-state index contributed by atoms with van der Waals surface area (Å²) in [5.74, 6) is 1.39. The highest BCUT2D eigenvalue weighted by molar-refractivity contribution is 6.01. The highest BCUT2D eigenvalue weighted by Crippen LogP contribution is 2.46. The molecule has 3 amide bonds. The first kappa shape index (κ1) is 43.3. The van der Waals surface area contributed by atoms with E-state index in [0.29, 0.717) is 73.9 Å². The molecule has 0 bridgehead atoms. The van der Waals surface area contributed by atoms with Gasteiger partial charge in [-0.1, -0.05) is 13.5 Å². The zero-order valence-electron chi connectivity index (χ0n) is 38.6. The van der Waals surface area contributed by atoms with E-state index in [1.807, 2.05) is 21.4 Å². The Morgan fingerprint density at radius 3 is 2.54 bits per heavy atom. The van der Waals surface area contributed by atoms with Gasteiger partial charge in [0.05, 0.1) is 25.9 Å². The lowest BCUT2D eigenvalue weighted by Gasteiger charge is -2.44. The van der Waals surface area contributed by atoms with Gasteiger partial charge in [0, 0.05) is 135 Å². The summed E-state index contributed by atoms with van der Waals surface area (Å²) in [5.41, 5.74) is 11.2. The standard InChI is InChI=1S/C51H58F2N10O4/c1-5-33-19-37(20-35-27-62(30(2)48(33)35)43-8-9-47(65)55-51(43)66)60-25-32(26-60)24-57-15-10-36(11-16-57)63-42-12-17-58(31(3)64)28-41(42)50(56-63)61-14-6-7-34-21-38(40(49(52)53)22-44(34)61)39-23-46-54-13-18-59(46)29-45(39)67-4/h13,18-23,29,32,36,43,49H,2,5-12,14-17,24-28H2,1,3-4H3,(H,55,65,66). The number of halogens is 2. The number of pyridine rings is 1. The van der Waals surface area contributed by atoms with E-state index in [1.165, 1.54) is 16.8 Å². The first-order valence-electron chi connectivity index (χ1n) is 24.0. The summed E-state index contributed by atoms with van der Waals surface area (Å²) in [4.78, 5) is 53.0. The number of anilines is 3. The molecule has 0 spiro atoms. The highest BCUT2D eigenvalue weighted by atomic mass is 19.3. The maximum atomic E-state index is 15.2. The lowest BCUT2D eigenvalue weighted by molar-refractivity contribution is -0.136. The van der Waals surface area contributed by atoms with Crippen molar-refractivity contribution in [3.63, 3.8) is 0 Å². The second-order valence-corrected chi connectivity index (χ2v) is 19.3. The van der Waals surface area contributed by atoms with E-state index in [1.54, 1.807) is 38.7 Å². The number of alkyl halides is 2. The number of aromatic nitrogens is 4. The topological polar surface area (TPSA) is 124 Å². The van der Waals surface area contributed by atoms with Gasteiger partial charge in [-0.3, -0.25) is 24.4 Å². The van der Waals surface area contributed by atoms with Crippen LogP contribution in [0.5, 0.6) is 5.75 Å². The molecule has 2 aromatic carbocycles. The SMILES string of the molecule is C=C1c2c(CC)cc(N3CC(CN4CCC(n5nc(N6CCCc7cc(-c8cc9nccn9cc8OC)c(C(F)F)cc76)c6c5CCN(C(C)=O)C6)CC4)C3)cc2CN1C1CCC(=O)NC1=O. The number of carbonyl (C=O) groups is 3. The lowest BCUT2D eigenvalue weighted by Crippen LogP contribution is -2.52. The van der Waals surface area contributed by atoms with Gasteiger partial charge in [0.1, 0.15) is 17.4 Å². The Balaban J connectivity index is 0.793. The number of carbonyl (C=O) groups excluding carboxylic acids is 3. The summed E-state index contributed by atoms with van der Waals surface area (Å²) >= 11 is 0. The molecule has 350 valence electrons. The Morgan fingerprint density at radius 2 is 1.79 bits per heavy atom. The minimum absolute atomic E-state index is 0.0172. The third kappa shape index (κ3) is 7.60. The first-order chi connectivity index (χ1) is 32.5. The number of piperidine rings is 2. The Labute approximate surface area is 389 Å². The van der Waals surface area contributed by atoms with Crippen LogP contribution in [-0.4, -0.2) is 111 Å². The quantitative estimate of drug-likeness (QED) is 0.146. The molecule has 3 fully saturated rings. The van der Waals surface area contributed by atoms with Crippen molar-refractivity contribution in [2.45, 2.75) is 96.8 Å². The Morgan fingerprint density at radius 1 is 0.970 bits per heavy atom. The molecule has 11 rings (SSSR count). The van der Waals surface area contributed by atoms with Crippen LogP contribution >= 0.6 is 0 Å². The van der Waals surface area contributed by atoms with E-state index in [0.717, 1.165) is 104 Å². The minimum atomic E-state index is -2.73. The van der Waals surface area contributed by atoms with Gasteiger partial charge in [-0.25, -0.2) is 13.8 Å². The maximum absolute atomic E-state index is 15.2. The molecule has 3 aromatic heterocycles. The van der Waals surface area contributed by atoms with Crippen molar-refractivity contribution in [3.8, 4) is 16.9 Å². The number of aryl methyl sites for hydroxylation is 2. The van der Waals surface area contributed by atoms with Crippen molar-refractivity contribution in [2.75, 3.05) is 62.7 Å². The van der Waals surface area contributed by atoms with Crippen LogP contribution in [0, 0.1) is 5.92 Å². The maximum Gasteiger partial charge on any atom is 0.264 e. The number of methoxy groups -OCH3 is 1. The molecule has 0 aliphatic carbocycles. The van der Waals surface area contributed by atoms with Crippen LogP contribution in [0.1, 0.15) is 97.5 Å². The number of imide groups is 1. The van der Waals surface area contributed by atoms with Gasteiger partial charge < -0.3 is 33.6 Å². The molecular weight excluding hydrogens is 855 g/mol. The Hall–Kier alpha value is -6.29. The fraction of sp³-hybridized carbons (Fsp3) is 0.471. The third-order valence-corrected chi connectivity index (χ3v) is 15.3. The molecule has 16 heteroatoms. The molecule has 6 aliphatic heterocycles. The average Bonchev–Trinajstić information content (AvgIpc) is 4.03. The van der Waals surface area contributed by atoms with E-state index >= 15 is 8.78 Å². The summed E-state index contributed by atoms with van der Waals surface area (Å²) in [6.07, 6.45) is 8.43. The molecule has 0 radical (unpaired) electrons. The fourth-order valence-electron chi connectivity index (χ4n) is 11.8. The highest BCUT2D eigenvalue weighted by Gasteiger charge is 2.40. The summed E-state index contributed by atoms with van der Waals surface area (Å²) in [6.45, 7) is 15.4. The molecule has 67 heavy (non-hydrogen) atoms. The van der Waals surface area contributed by atoms with Crippen molar-refractivity contribution >= 4 is 46.3 Å². The zero-order chi connectivity index (χ0) is 46.2. The largest absolute Gasteiger partial charge is 0.495 e. The van der Waals surface area contributed by atoms with Crippen LogP contribution in [0.2, 0.25) is 0 Å². The average molecular weight is 913 g/mol. The number of ether oxygens (including phenoxy) is 1. The van der Waals surface area contributed by atoms with Crippen LogP contribution in [0.4, 0.5) is 26.0 Å². The third-order valence-electron chi connectivity index (χ3n) is 15.3. The van der Waals surface area contributed by atoms with E-state index in [9.17, 15) is 14.4 Å².